The van der Waals surface area contributed by atoms with Crippen LogP contribution in [0, 0.1) is 5.92 Å². The van der Waals surface area contributed by atoms with Crippen LogP contribution in [0.25, 0.3) is 0 Å². The monoisotopic (exact) mass is 296 g/mol. The normalized spacial score (nSPS) is 24.5. The summed E-state index contributed by atoms with van der Waals surface area (Å²) in [4.78, 5) is 30.1. The minimum atomic E-state index is 0.131. The highest BCUT2D eigenvalue weighted by molar-refractivity contribution is 5.79. The molecule has 2 amide bonds. The minimum absolute atomic E-state index is 0.131. The number of hydrogen-bond acceptors (Lipinski definition) is 4. The molecule has 0 radical (unpaired) electrons. The van der Waals surface area contributed by atoms with Crippen molar-refractivity contribution in [3.8, 4) is 0 Å². The second-order valence-corrected chi connectivity index (χ2v) is 6.29. The number of piperidine rings is 1. The quantitative estimate of drug-likeness (QED) is 0.770. The van der Waals surface area contributed by atoms with E-state index in [2.05, 4.69) is 10.2 Å². The van der Waals surface area contributed by atoms with Crippen molar-refractivity contribution < 1.29 is 9.59 Å². The fourth-order valence-electron chi connectivity index (χ4n) is 3.00. The van der Waals surface area contributed by atoms with E-state index >= 15 is 0 Å². The third-order valence-electron chi connectivity index (χ3n) is 4.40. The van der Waals surface area contributed by atoms with Crippen LogP contribution in [-0.2, 0) is 9.59 Å². The maximum Gasteiger partial charge on any atom is 0.236 e. The highest BCUT2D eigenvalue weighted by Crippen LogP contribution is 2.15. The number of likely N-dealkylation sites (N-methyl/N-ethyl adjacent to an activating group) is 1. The largest absolute Gasteiger partial charge is 0.348 e. The van der Waals surface area contributed by atoms with Gasteiger partial charge in [0.2, 0.25) is 11.8 Å². The molecular weight excluding hydrogens is 268 g/mol. The maximum absolute atomic E-state index is 12.5. The number of amides is 2. The van der Waals surface area contributed by atoms with E-state index in [1.165, 1.54) is 0 Å². The van der Waals surface area contributed by atoms with E-state index < -0.39 is 0 Å². The molecule has 2 fully saturated rings. The molecule has 0 spiro atoms. The van der Waals surface area contributed by atoms with Gasteiger partial charge in [-0.25, -0.2) is 0 Å². The standard InChI is InChI=1S/C15H28N4O2/c1-17(2)14(20)12-18-7-4-8-19(10-9-18)15(21)13-5-3-6-16-11-13/h13,16H,3-12H2,1-2H3/t13-/m0/s1. The molecule has 6 heteroatoms. The topological polar surface area (TPSA) is 55.9 Å². The Labute approximate surface area is 127 Å². The Morgan fingerprint density at radius 2 is 1.95 bits per heavy atom. The summed E-state index contributed by atoms with van der Waals surface area (Å²) in [5.41, 5.74) is 0. The Hall–Kier alpha value is -1.14. The molecule has 2 rings (SSSR count). The fraction of sp³-hybridized carbons (Fsp3) is 0.867. The molecule has 0 aliphatic carbocycles. The molecule has 0 unspecified atom stereocenters. The predicted molar refractivity (Wildman–Crippen MR) is 81.9 cm³/mol. The number of carbonyl (C=O) groups excluding carboxylic acids is 2. The number of hydrogen-bond donors (Lipinski definition) is 1. The fourth-order valence-corrected chi connectivity index (χ4v) is 3.00. The second kappa shape index (κ2) is 7.75. The molecule has 0 saturated carbocycles. The Balaban J connectivity index is 1.82. The van der Waals surface area contributed by atoms with E-state index in [1.807, 2.05) is 4.90 Å². The van der Waals surface area contributed by atoms with E-state index in [1.54, 1.807) is 19.0 Å². The molecule has 21 heavy (non-hydrogen) atoms. The van der Waals surface area contributed by atoms with E-state index in [0.29, 0.717) is 12.5 Å². The molecule has 1 N–H and O–H groups in total. The first kappa shape index (κ1) is 16.2. The maximum atomic E-state index is 12.5. The highest BCUT2D eigenvalue weighted by atomic mass is 16.2. The van der Waals surface area contributed by atoms with Crippen LogP contribution in [0.1, 0.15) is 19.3 Å². The summed E-state index contributed by atoms with van der Waals surface area (Å²) in [6.07, 6.45) is 3.05. The van der Waals surface area contributed by atoms with Gasteiger partial charge in [0.1, 0.15) is 0 Å². The summed E-state index contributed by atoms with van der Waals surface area (Å²) < 4.78 is 0. The molecule has 2 saturated heterocycles. The lowest BCUT2D eigenvalue weighted by Crippen LogP contribution is -2.44. The number of rotatable bonds is 3. The molecule has 6 nitrogen and oxygen atoms in total. The summed E-state index contributed by atoms with van der Waals surface area (Å²) in [5.74, 6) is 0.572. The van der Waals surface area contributed by atoms with E-state index in [9.17, 15) is 9.59 Å². The Bertz CT molecular complexity index is 367. The second-order valence-electron chi connectivity index (χ2n) is 6.29. The van der Waals surface area contributed by atoms with Crippen molar-refractivity contribution >= 4 is 11.8 Å². The molecular formula is C15H28N4O2. The molecule has 0 aromatic carbocycles. The highest BCUT2D eigenvalue weighted by Gasteiger charge is 2.27. The predicted octanol–water partition coefficient (Wildman–Crippen LogP) is -0.391. The lowest BCUT2D eigenvalue weighted by molar-refractivity contribution is -0.135. The van der Waals surface area contributed by atoms with Crippen LogP contribution >= 0.6 is 0 Å². The molecule has 0 aromatic rings. The summed E-state index contributed by atoms with van der Waals surface area (Å²) in [6.45, 7) is 5.57. The van der Waals surface area contributed by atoms with E-state index in [0.717, 1.165) is 58.5 Å². The number of nitrogens with zero attached hydrogens (tertiary/aromatic N) is 3. The smallest absolute Gasteiger partial charge is 0.236 e. The van der Waals surface area contributed by atoms with Crippen LogP contribution in [0.15, 0.2) is 0 Å². The molecule has 120 valence electrons. The van der Waals surface area contributed by atoms with Gasteiger partial charge in [0.05, 0.1) is 12.5 Å². The third kappa shape index (κ3) is 4.68. The van der Waals surface area contributed by atoms with Gasteiger partial charge < -0.3 is 15.1 Å². The number of nitrogens with one attached hydrogen (secondary N) is 1. The van der Waals surface area contributed by atoms with Crippen LogP contribution in [0.3, 0.4) is 0 Å². The Kier molecular flexibility index (Phi) is 5.99. The lowest BCUT2D eigenvalue weighted by atomic mass is 9.98. The van der Waals surface area contributed by atoms with Crippen molar-refractivity contribution in [3.63, 3.8) is 0 Å². The van der Waals surface area contributed by atoms with Crippen molar-refractivity contribution in [2.75, 3.05) is 59.9 Å². The molecule has 2 aliphatic rings. The van der Waals surface area contributed by atoms with Gasteiger partial charge in [-0.05, 0) is 25.8 Å². The Morgan fingerprint density at radius 3 is 2.62 bits per heavy atom. The van der Waals surface area contributed by atoms with E-state index in [-0.39, 0.29) is 11.8 Å². The van der Waals surface area contributed by atoms with Gasteiger partial charge in [0.25, 0.3) is 0 Å². The third-order valence-corrected chi connectivity index (χ3v) is 4.40. The van der Waals surface area contributed by atoms with Crippen LogP contribution < -0.4 is 5.32 Å². The average molecular weight is 296 g/mol. The van der Waals surface area contributed by atoms with Crippen molar-refractivity contribution in [2.24, 2.45) is 5.92 Å². The molecule has 2 aliphatic heterocycles. The zero-order chi connectivity index (χ0) is 15.2. The molecule has 1 atom stereocenters. The first-order valence-corrected chi connectivity index (χ1v) is 8.00. The summed E-state index contributed by atoms with van der Waals surface area (Å²) in [6, 6.07) is 0. The molecule has 0 bridgehead atoms. The van der Waals surface area contributed by atoms with Gasteiger partial charge in [-0.2, -0.15) is 0 Å². The van der Waals surface area contributed by atoms with Crippen LogP contribution in [-0.4, -0.2) is 86.4 Å². The van der Waals surface area contributed by atoms with Crippen molar-refractivity contribution in [1.82, 2.24) is 20.0 Å². The van der Waals surface area contributed by atoms with E-state index in [4.69, 9.17) is 0 Å². The zero-order valence-corrected chi connectivity index (χ0v) is 13.3. The van der Waals surface area contributed by atoms with Gasteiger partial charge in [0, 0.05) is 46.8 Å². The lowest BCUT2D eigenvalue weighted by Gasteiger charge is -2.29. The van der Waals surface area contributed by atoms with Gasteiger partial charge in [-0.15, -0.1) is 0 Å². The van der Waals surface area contributed by atoms with Crippen molar-refractivity contribution in [3.05, 3.63) is 0 Å². The van der Waals surface area contributed by atoms with Gasteiger partial charge in [-0.3, -0.25) is 14.5 Å². The van der Waals surface area contributed by atoms with Crippen LogP contribution in [0.5, 0.6) is 0 Å². The van der Waals surface area contributed by atoms with Crippen molar-refractivity contribution in [2.45, 2.75) is 19.3 Å². The molecule has 0 aromatic heterocycles. The summed E-state index contributed by atoms with van der Waals surface area (Å²) in [7, 11) is 3.57. The summed E-state index contributed by atoms with van der Waals surface area (Å²) in [5, 5.41) is 3.31. The van der Waals surface area contributed by atoms with Gasteiger partial charge in [-0.1, -0.05) is 0 Å². The molecule has 2 heterocycles. The summed E-state index contributed by atoms with van der Waals surface area (Å²) >= 11 is 0. The Morgan fingerprint density at radius 1 is 1.14 bits per heavy atom. The van der Waals surface area contributed by atoms with Gasteiger partial charge in [0.15, 0.2) is 0 Å². The van der Waals surface area contributed by atoms with Crippen molar-refractivity contribution in [1.29, 1.82) is 0 Å². The zero-order valence-electron chi connectivity index (χ0n) is 13.3. The first-order chi connectivity index (χ1) is 10.1. The number of carbonyl (C=O) groups is 2. The van der Waals surface area contributed by atoms with Gasteiger partial charge >= 0.3 is 0 Å². The average Bonchev–Trinajstić information content (AvgIpc) is 2.73. The van der Waals surface area contributed by atoms with Crippen LogP contribution in [0.4, 0.5) is 0 Å². The SMILES string of the molecule is CN(C)C(=O)CN1CCCN(C(=O)[C@H]2CCCNC2)CC1. The first-order valence-electron chi connectivity index (χ1n) is 8.00. The van der Waals surface area contributed by atoms with Crippen LogP contribution in [0.2, 0.25) is 0 Å². The minimum Gasteiger partial charge on any atom is -0.348 e.